The molecule has 0 bridgehead atoms. The second-order valence-electron chi connectivity index (χ2n) is 15.5. The number of rotatable bonds is 11. The SMILES string of the molecule is C[C@H]([C@@H](C)C/C=C/[C@H](C(=O)N(C)CC1CCOCC1)N1CCCC1)S(=O)(=O)NC(=O)c1ccc2c(c1)N(C)C[C@@]1(CCCc3cc(Cl)ccc31)CO2. The van der Waals surface area contributed by atoms with E-state index in [9.17, 15) is 18.0 Å². The summed E-state index contributed by atoms with van der Waals surface area (Å²) in [5, 5.41) is -0.111. The molecule has 2 amide bonds. The van der Waals surface area contributed by atoms with E-state index in [1.807, 2.05) is 44.1 Å². The molecule has 1 spiro atoms. The molecule has 0 unspecified atom stereocenters. The largest absolute Gasteiger partial charge is 0.490 e. The second-order valence-corrected chi connectivity index (χ2v) is 18.0. The highest BCUT2D eigenvalue weighted by Crippen LogP contribution is 2.44. The number of benzene rings is 2. The Labute approximate surface area is 314 Å². The molecule has 0 aromatic heterocycles. The maximum Gasteiger partial charge on any atom is 0.264 e. The van der Waals surface area contributed by atoms with Crippen molar-refractivity contribution in [2.24, 2.45) is 11.8 Å². The first-order valence-corrected chi connectivity index (χ1v) is 20.9. The first kappa shape index (κ1) is 38.6. The van der Waals surface area contributed by atoms with Crippen LogP contribution >= 0.6 is 11.6 Å². The zero-order valence-corrected chi connectivity index (χ0v) is 32.7. The van der Waals surface area contributed by atoms with Gasteiger partial charge in [-0.1, -0.05) is 36.7 Å². The molecule has 3 aliphatic heterocycles. The van der Waals surface area contributed by atoms with Gasteiger partial charge in [0.15, 0.2) is 0 Å². The normalized spacial score (nSPS) is 23.0. The van der Waals surface area contributed by atoms with Crippen molar-refractivity contribution in [1.29, 1.82) is 0 Å². The number of likely N-dealkylation sites (tertiary alicyclic amines) is 1. The fraction of sp³-hybridized carbons (Fsp3) is 0.600. The summed E-state index contributed by atoms with van der Waals surface area (Å²) in [4.78, 5) is 33.3. The lowest BCUT2D eigenvalue weighted by molar-refractivity contribution is -0.134. The monoisotopic (exact) mass is 754 g/mol. The van der Waals surface area contributed by atoms with Gasteiger partial charge in [-0.3, -0.25) is 14.5 Å². The number of hydrogen-bond donors (Lipinski definition) is 1. The van der Waals surface area contributed by atoms with Crippen LogP contribution in [0.5, 0.6) is 5.75 Å². The number of hydrogen-bond acceptors (Lipinski definition) is 8. The summed E-state index contributed by atoms with van der Waals surface area (Å²) in [5.41, 5.74) is 3.27. The summed E-state index contributed by atoms with van der Waals surface area (Å²) >= 11 is 6.33. The minimum absolute atomic E-state index is 0.0747. The number of fused-ring (bicyclic) bond motifs is 3. The molecule has 0 saturated carbocycles. The van der Waals surface area contributed by atoms with Gasteiger partial charge in [0, 0.05) is 56.4 Å². The highest BCUT2D eigenvalue weighted by atomic mass is 35.5. The number of halogens is 1. The maximum absolute atomic E-state index is 13.6. The van der Waals surface area contributed by atoms with E-state index in [1.54, 1.807) is 25.1 Å². The number of carbonyl (C=O) groups excluding carboxylic acids is 2. The molecule has 284 valence electrons. The van der Waals surface area contributed by atoms with Gasteiger partial charge in [-0.2, -0.15) is 0 Å². The number of likely N-dealkylation sites (N-methyl/N-ethyl adjacent to an activating group) is 2. The minimum atomic E-state index is -4.01. The first-order valence-electron chi connectivity index (χ1n) is 18.9. The van der Waals surface area contributed by atoms with Crippen molar-refractivity contribution in [3.05, 3.63) is 70.3 Å². The third-order valence-corrected chi connectivity index (χ3v) is 14.0. The molecule has 52 heavy (non-hydrogen) atoms. The van der Waals surface area contributed by atoms with Gasteiger partial charge in [0.25, 0.3) is 5.91 Å². The molecule has 2 fully saturated rings. The molecule has 3 heterocycles. The molecule has 6 rings (SSSR count). The van der Waals surface area contributed by atoms with Crippen molar-refractivity contribution in [2.75, 3.05) is 65.0 Å². The van der Waals surface area contributed by atoms with E-state index < -0.39 is 21.2 Å². The van der Waals surface area contributed by atoms with E-state index in [4.69, 9.17) is 21.1 Å². The van der Waals surface area contributed by atoms with Crippen molar-refractivity contribution in [2.45, 2.75) is 81.9 Å². The van der Waals surface area contributed by atoms with Crippen LogP contribution in [0.15, 0.2) is 48.6 Å². The molecule has 1 aliphatic carbocycles. The van der Waals surface area contributed by atoms with E-state index in [0.717, 1.165) is 82.0 Å². The topological polar surface area (TPSA) is 108 Å². The van der Waals surface area contributed by atoms with Crippen LogP contribution in [0.4, 0.5) is 5.69 Å². The van der Waals surface area contributed by atoms with Crippen LogP contribution in [0, 0.1) is 11.8 Å². The summed E-state index contributed by atoms with van der Waals surface area (Å²) < 4.78 is 41.3. The molecule has 10 nitrogen and oxygen atoms in total. The van der Waals surface area contributed by atoms with Crippen molar-refractivity contribution >= 4 is 39.1 Å². The second kappa shape index (κ2) is 16.5. The number of allylic oxidation sites excluding steroid dienone is 1. The van der Waals surface area contributed by atoms with Gasteiger partial charge in [0.05, 0.1) is 17.5 Å². The number of sulfonamides is 1. The zero-order valence-electron chi connectivity index (χ0n) is 31.1. The molecular weight excluding hydrogens is 700 g/mol. The van der Waals surface area contributed by atoms with E-state index in [1.165, 1.54) is 11.1 Å². The fourth-order valence-electron chi connectivity index (χ4n) is 8.44. The van der Waals surface area contributed by atoms with Gasteiger partial charge in [0.2, 0.25) is 15.9 Å². The number of aryl methyl sites for hydroxylation is 1. The van der Waals surface area contributed by atoms with E-state index >= 15 is 0 Å². The predicted octanol–water partition coefficient (Wildman–Crippen LogP) is 5.82. The van der Waals surface area contributed by atoms with Gasteiger partial charge < -0.3 is 19.3 Å². The van der Waals surface area contributed by atoms with Gasteiger partial charge in [-0.15, -0.1) is 0 Å². The average Bonchev–Trinajstić information content (AvgIpc) is 3.62. The lowest BCUT2D eigenvalue weighted by atomic mass is 9.70. The molecule has 0 radical (unpaired) electrons. The van der Waals surface area contributed by atoms with Crippen molar-refractivity contribution in [3.63, 3.8) is 0 Å². The van der Waals surface area contributed by atoms with Crippen molar-refractivity contribution in [1.82, 2.24) is 14.5 Å². The third kappa shape index (κ3) is 8.64. The number of nitrogens with one attached hydrogen (secondary N) is 1. The number of ether oxygens (including phenoxy) is 2. The molecule has 12 heteroatoms. The molecular formula is C40H55ClN4O6S. The van der Waals surface area contributed by atoms with Crippen LogP contribution in [0.2, 0.25) is 5.02 Å². The van der Waals surface area contributed by atoms with Gasteiger partial charge >= 0.3 is 0 Å². The summed E-state index contributed by atoms with van der Waals surface area (Å²) in [6.07, 6.45) is 11.4. The fourth-order valence-corrected chi connectivity index (χ4v) is 9.92. The Hall–Kier alpha value is -3.12. The average molecular weight is 755 g/mol. The van der Waals surface area contributed by atoms with Gasteiger partial charge in [-0.25, -0.2) is 13.1 Å². The Morgan fingerprint density at radius 2 is 1.85 bits per heavy atom. The number of anilines is 1. The number of amides is 2. The van der Waals surface area contributed by atoms with Crippen LogP contribution in [-0.4, -0.2) is 101 Å². The van der Waals surface area contributed by atoms with Crippen molar-refractivity contribution in [3.8, 4) is 5.75 Å². The first-order chi connectivity index (χ1) is 24.9. The summed E-state index contributed by atoms with van der Waals surface area (Å²) in [5.74, 6) is 0.209. The highest BCUT2D eigenvalue weighted by Gasteiger charge is 2.41. The van der Waals surface area contributed by atoms with Crippen LogP contribution in [-0.2, 0) is 31.4 Å². The summed E-state index contributed by atoms with van der Waals surface area (Å²) in [7, 11) is -0.136. The third-order valence-electron chi connectivity index (χ3n) is 11.8. The van der Waals surface area contributed by atoms with Gasteiger partial charge in [-0.05, 0) is 125 Å². The molecule has 1 N–H and O–H groups in total. The lowest BCUT2D eigenvalue weighted by Crippen LogP contribution is -2.47. The van der Waals surface area contributed by atoms with Crippen LogP contribution in [0.25, 0.3) is 0 Å². The molecule has 4 atom stereocenters. The lowest BCUT2D eigenvalue weighted by Gasteiger charge is -2.39. The quantitative estimate of drug-likeness (QED) is 0.286. The van der Waals surface area contributed by atoms with E-state index in [2.05, 4.69) is 26.7 Å². The molecule has 2 saturated heterocycles. The molecule has 2 aromatic carbocycles. The molecule has 4 aliphatic rings. The molecule has 2 aromatic rings. The Morgan fingerprint density at radius 1 is 1.10 bits per heavy atom. The van der Waals surface area contributed by atoms with Gasteiger partial charge in [0.1, 0.15) is 11.8 Å². The summed E-state index contributed by atoms with van der Waals surface area (Å²) in [6, 6.07) is 10.8. The smallest absolute Gasteiger partial charge is 0.264 e. The maximum atomic E-state index is 13.6. The number of nitrogens with zero attached hydrogens (tertiary/aromatic N) is 3. The highest BCUT2D eigenvalue weighted by molar-refractivity contribution is 7.90. The van der Waals surface area contributed by atoms with E-state index in [-0.39, 0.29) is 28.8 Å². The van der Waals surface area contributed by atoms with Crippen LogP contribution in [0.3, 0.4) is 0 Å². The Balaban J connectivity index is 1.08. The minimum Gasteiger partial charge on any atom is -0.490 e. The van der Waals surface area contributed by atoms with Crippen LogP contribution in [0.1, 0.15) is 80.3 Å². The number of carbonyl (C=O) groups is 2. The standard InChI is InChI=1S/C40H55ClN4O6S/c1-28(9-7-11-35(45-19-5-6-20-45)39(47)43(3)25-30-16-21-50-22-17-30)29(2)52(48,49)42-38(46)32-12-15-37-36(24-32)44(4)26-40(27-51-37)18-8-10-31-23-33(41)13-14-34(31)40/h7,11-15,23-24,28-30,35H,5-6,8-10,16-22,25-27H2,1-4H3,(H,42,46)/b11-7+/t28-,29+,35+,40-/m0/s1. The Kier molecular flexibility index (Phi) is 12.2. The summed E-state index contributed by atoms with van der Waals surface area (Å²) in [6.45, 7) is 8.63. The van der Waals surface area contributed by atoms with Crippen LogP contribution < -0.4 is 14.4 Å². The zero-order chi connectivity index (χ0) is 37.0. The Bertz CT molecular complexity index is 1740. The van der Waals surface area contributed by atoms with E-state index in [0.29, 0.717) is 37.8 Å². The Morgan fingerprint density at radius 3 is 2.60 bits per heavy atom. The van der Waals surface area contributed by atoms with Crippen molar-refractivity contribution < 1.29 is 27.5 Å². The predicted molar refractivity (Wildman–Crippen MR) is 206 cm³/mol.